The zero-order valence-corrected chi connectivity index (χ0v) is 13.1. The molecule has 0 atom stereocenters. The maximum Gasteiger partial charge on any atom is 0 e. The van der Waals surface area contributed by atoms with Crippen molar-refractivity contribution in [1.29, 1.82) is 0 Å². The number of hydrogen-bond acceptors (Lipinski definition) is 1. The molecule has 0 amide bonds. The van der Waals surface area contributed by atoms with E-state index in [4.69, 9.17) is 3.83 Å². The summed E-state index contributed by atoms with van der Waals surface area (Å²) in [5, 5.41) is 0. The van der Waals surface area contributed by atoms with Gasteiger partial charge in [0.25, 0.3) is 0 Å². The molecule has 0 aliphatic carbocycles. The fourth-order valence-electron chi connectivity index (χ4n) is 0. The average molecular weight is 350 g/mol. The summed E-state index contributed by atoms with van der Waals surface area (Å²) in [6, 6.07) is 0. The van der Waals surface area contributed by atoms with Gasteiger partial charge in [-0.1, -0.05) is 0 Å². The van der Waals surface area contributed by atoms with Gasteiger partial charge >= 0.3 is 106 Å². The Labute approximate surface area is 141 Å². The molecule has 0 aliphatic rings. The van der Waals surface area contributed by atoms with E-state index in [1.165, 1.54) is 0 Å². The van der Waals surface area contributed by atoms with Crippen molar-refractivity contribution in [3.63, 3.8) is 0 Å². The molecule has 0 saturated heterocycles. The van der Waals surface area contributed by atoms with Crippen LogP contribution >= 0.6 is 0 Å². The van der Waals surface area contributed by atoms with Gasteiger partial charge in [-0.05, 0) is 0 Å². The van der Waals surface area contributed by atoms with Gasteiger partial charge < -0.3 is 5.71 Å². The van der Waals surface area contributed by atoms with E-state index in [1.807, 2.05) is 0 Å². The molecule has 1 radical (unpaired) electrons. The summed E-state index contributed by atoms with van der Waals surface area (Å²) in [6.07, 6.45) is 0. The van der Waals surface area contributed by atoms with E-state index in [0.29, 0.717) is 0 Å². The molecule has 0 unspecified atom stereocenters. The summed E-state index contributed by atoms with van der Waals surface area (Å²) >= 11 is 2.94. The molecule has 1 nitrogen and oxygen atoms in total. The van der Waals surface area contributed by atoms with Gasteiger partial charge in [0.1, 0.15) is 0 Å². The Balaban J connectivity index is -0.000000000238. The largest absolute Gasteiger partial charge is 0 e. The van der Waals surface area contributed by atoms with E-state index in [1.54, 1.807) is 0 Å². The first-order valence-corrected chi connectivity index (χ1v) is 0.508. The second-order valence-electron chi connectivity index (χ2n) is 0. The first-order valence-electron chi connectivity index (χ1n) is 0.123. The number of rotatable bonds is 0. The maximum atomic E-state index is 7.81. The molecular formula is H4BaCaCuOY. The monoisotopic (exact) mass is 350 g/mol. The van der Waals surface area contributed by atoms with E-state index in [2.05, 4.69) is 15.9 Å². The molecule has 0 aliphatic heterocycles. The molecule has 5 heteroatoms. The topological polar surface area (TPSA) is 17.1 Å². The predicted molar refractivity (Wildman–Crippen MR) is 16.6 cm³/mol. The van der Waals surface area contributed by atoms with E-state index in [-0.39, 0.29) is 125 Å². The molecule has 0 aromatic carbocycles. The van der Waals surface area contributed by atoms with Crippen LogP contribution in [0.3, 0.4) is 0 Å². The Morgan fingerprint density at radius 3 is 1.40 bits per heavy atom. The minimum absolute atomic E-state index is 0. The van der Waals surface area contributed by atoms with Gasteiger partial charge in [0.05, 0.1) is 0 Å². The summed E-state index contributed by atoms with van der Waals surface area (Å²) in [4.78, 5) is 0. The van der Waals surface area contributed by atoms with Crippen LogP contribution in [0.15, 0.2) is 0 Å². The molecule has 0 aromatic heterocycles. The molecule has 28 valence electrons. The van der Waals surface area contributed by atoms with Crippen molar-refractivity contribution in [3.8, 4) is 0 Å². The summed E-state index contributed by atoms with van der Waals surface area (Å²) in [5.41, 5.74) is 0. The SMILES string of the molecule is [Ba+2].[Ca+2].[H-].[H-].[H-].[H-].[O]=[Cu].[Y]. The van der Waals surface area contributed by atoms with E-state index < -0.39 is 0 Å². The Kier molecular flexibility index (Phi) is 110. The van der Waals surface area contributed by atoms with Crippen molar-refractivity contribution in [2.45, 2.75) is 0 Å². The van der Waals surface area contributed by atoms with Gasteiger partial charge in [0.15, 0.2) is 0 Å². The van der Waals surface area contributed by atoms with Crippen LogP contribution in [0.2, 0.25) is 0 Å². The normalized spacial score (nSPS) is 1.20. The van der Waals surface area contributed by atoms with Gasteiger partial charge in [-0.25, -0.2) is 0 Å². The van der Waals surface area contributed by atoms with Crippen molar-refractivity contribution in [2.75, 3.05) is 0 Å². The van der Waals surface area contributed by atoms with Gasteiger partial charge in [-0.15, -0.1) is 0 Å². The fourth-order valence-corrected chi connectivity index (χ4v) is 0. The second kappa shape index (κ2) is 24.0. The zero-order valence-electron chi connectivity index (χ0n) is 6.70. The quantitative estimate of drug-likeness (QED) is 0.542. The molecule has 0 heterocycles. The third-order valence-electron chi connectivity index (χ3n) is 0. The van der Waals surface area contributed by atoms with Crippen LogP contribution < -0.4 is 0 Å². The van der Waals surface area contributed by atoms with Crippen LogP contribution in [0.4, 0.5) is 0 Å². The fraction of sp³-hybridized carbons (Fsp3) is 0. The molecule has 0 aromatic rings. The minimum atomic E-state index is 0. The molecule has 0 bridgehead atoms. The Morgan fingerprint density at radius 1 is 1.40 bits per heavy atom. The van der Waals surface area contributed by atoms with Crippen molar-refractivity contribution in [1.82, 2.24) is 0 Å². The first-order chi connectivity index (χ1) is 1.00. The van der Waals surface area contributed by atoms with Crippen molar-refractivity contribution in [3.05, 3.63) is 0 Å². The standard InChI is InChI=1S/Ba.Ca.Cu.O.Y.4H/q2*+2;;;;4*-1. The molecule has 0 spiro atoms. The third-order valence-corrected chi connectivity index (χ3v) is 0. The van der Waals surface area contributed by atoms with Crippen LogP contribution in [0.25, 0.3) is 0 Å². The van der Waals surface area contributed by atoms with Gasteiger partial charge in [-0.3, -0.25) is 0 Å². The maximum absolute atomic E-state index is 7.81. The van der Waals surface area contributed by atoms with Gasteiger partial charge in [0.2, 0.25) is 0 Å². The van der Waals surface area contributed by atoms with Gasteiger partial charge in [0, 0.05) is 32.7 Å². The Hall–Kier alpha value is 4.25. The summed E-state index contributed by atoms with van der Waals surface area (Å²) in [7, 11) is 0. The first kappa shape index (κ1) is 22.8. The Bertz CT molecular complexity index is 20.5. The summed E-state index contributed by atoms with van der Waals surface area (Å²) in [5.74, 6) is 0. The van der Waals surface area contributed by atoms with Gasteiger partial charge in [-0.2, -0.15) is 0 Å². The van der Waals surface area contributed by atoms with Crippen LogP contribution in [0, 0.1) is 0 Å². The summed E-state index contributed by atoms with van der Waals surface area (Å²) < 4.78 is 7.81. The molecule has 0 saturated carbocycles. The van der Waals surface area contributed by atoms with E-state index in [0.717, 1.165) is 0 Å². The number of hydrogen-bond donors (Lipinski definition) is 0. The third kappa shape index (κ3) is 17.8. The van der Waals surface area contributed by atoms with E-state index in [9.17, 15) is 0 Å². The van der Waals surface area contributed by atoms with Crippen molar-refractivity contribution >= 4 is 86.6 Å². The Morgan fingerprint density at radius 2 is 1.40 bits per heavy atom. The molecule has 0 rings (SSSR count). The second-order valence-corrected chi connectivity index (χ2v) is 0. The predicted octanol–water partition coefficient (Wildman–Crippen LogP) is -0.435. The van der Waals surface area contributed by atoms with Crippen LogP contribution in [-0.4, -0.2) is 86.6 Å². The van der Waals surface area contributed by atoms with Crippen LogP contribution in [-0.2, 0) is 52.5 Å². The summed E-state index contributed by atoms with van der Waals surface area (Å²) in [6.45, 7) is 0. The smallest absolute Gasteiger partial charge is 0 e. The zero-order chi connectivity index (χ0) is 2.00. The minimum Gasteiger partial charge on any atom is 0 e. The molecule has 5 heavy (non-hydrogen) atoms. The van der Waals surface area contributed by atoms with Crippen LogP contribution in [0.1, 0.15) is 5.71 Å². The van der Waals surface area contributed by atoms with Crippen molar-refractivity contribution < 1.29 is 58.2 Å². The van der Waals surface area contributed by atoms with Crippen LogP contribution in [0.5, 0.6) is 0 Å². The molecule has 0 fully saturated rings. The molecular weight excluding hydrogens is 346 g/mol. The molecule has 0 N–H and O–H groups in total. The van der Waals surface area contributed by atoms with E-state index >= 15 is 0 Å². The average Bonchev–Trinajstić information content (AvgIpc) is 1.00. The van der Waals surface area contributed by atoms with Crippen molar-refractivity contribution in [2.24, 2.45) is 0 Å².